The molecular weight excluding hydrogens is 438 g/mol. The summed E-state index contributed by atoms with van der Waals surface area (Å²) < 4.78 is 3.49. The Morgan fingerprint density at radius 2 is 1.66 bits per heavy atom. The van der Waals surface area contributed by atoms with E-state index in [1.807, 2.05) is 36.4 Å². The second kappa shape index (κ2) is 9.32. The SMILES string of the molecule is CN1CCN(c2ccccc2CCn2c(=O)n(-c3ccc(C(C)(C)O)cc3)c3cccnc32)CC1. The molecule has 1 aliphatic rings. The first kappa shape index (κ1) is 23.3. The monoisotopic (exact) mass is 471 g/mol. The maximum absolute atomic E-state index is 13.6. The van der Waals surface area contributed by atoms with Gasteiger partial charge in [-0.1, -0.05) is 30.3 Å². The van der Waals surface area contributed by atoms with E-state index in [0.29, 0.717) is 12.2 Å². The number of benzene rings is 2. The van der Waals surface area contributed by atoms with Crippen LogP contribution in [0.25, 0.3) is 16.9 Å². The van der Waals surface area contributed by atoms with Crippen molar-refractivity contribution in [1.82, 2.24) is 19.0 Å². The number of fused-ring (bicyclic) bond motifs is 1. The average molecular weight is 472 g/mol. The highest BCUT2D eigenvalue weighted by Crippen LogP contribution is 2.25. The van der Waals surface area contributed by atoms with Gasteiger partial charge in [0.15, 0.2) is 5.65 Å². The fraction of sp³-hybridized carbons (Fsp3) is 0.357. The van der Waals surface area contributed by atoms with Gasteiger partial charge in [-0.2, -0.15) is 0 Å². The van der Waals surface area contributed by atoms with E-state index in [1.165, 1.54) is 11.3 Å². The van der Waals surface area contributed by atoms with Gasteiger partial charge in [0.1, 0.15) is 0 Å². The Labute approximate surface area is 205 Å². The summed E-state index contributed by atoms with van der Waals surface area (Å²) >= 11 is 0. The molecule has 35 heavy (non-hydrogen) atoms. The van der Waals surface area contributed by atoms with Crippen LogP contribution in [-0.4, -0.2) is 57.4 Å². The first-order valence-corrected chi connectivity index (χ1v) is 12.2. The van der Waals surface area contributed by atoms with E-state index in [0.717, 1.165) is 49.4 Å². The fourth-order valence-corrected chi connectivity index (χ4v) is 4.87. The zero-order valence-electron chi connectivity index (χ0n) is 20.7. The third kappa shape index (κ3) is 4.61. The molecule has 7 heteroatoms. The zero-order valence-corrected chi connectivity index (χ0v) is 20.7. The van der Waals surface area contributed by atoms with E-state index in [4.69, 9.17) is 0 Å². The number of rotatable bonds is 6. The van der Waals surface area contributed by atoms with Crippen molar-refractivity contribution in [3.8, 4) is 5.69 Å². The molecule has 0 radical (unpaired) electrons. The Balaban J connectivity index is 1.47. The molecular formula is C28H33N5O2. The van der Waals surface area contributed by atoms with Crippen LogP contribution in [0.1, 0.15) is 25.0 Å². The van der Waals surface area contributed by atoms with Crippen LogP contribution in [0.3, 0.4) is 0 Å². The summed E-state index contributed by atoms with van der Waals surface area (Å²) in [6.07, 6.45) is 2.48. The first-order chi connectivity index (χ1) is 16.8. The Hall–Kier alpha value is -3.42. The standard InChI is InChI=1S/C28H33N5O2/c1-28(2,35)22-10-12-23(13-11-22)33-25-9-6-15-29-26(25)32(27(33)34)16-14-21-7-4-5-8-24(21)31-19-17-30(3)18-20-31/h4-13,15,35H,14,16-20H2,1-3H3. The van der Waals surface area contributed by atoms with Crippen molar-refractivity contribution in [2.24, 2.45) is 0 Å². The number of hydrogen-bond acceptors (Lipinski definition) is 5. The fourth-order valence-electron chi connectivity index (χ4n) is 4.87. The number of nitrogens with zero attached hydrogens (tertiary/aromatic N) is 5. The number of anilines is 1. The minimum Gasteiger partial charge on any atom is -0.386 e. The minimum absolute atomic E-state index is 0.105. The van der Waals surface area contributed by atoms with Crippen molar-refractivity contribution in [2.45, 2.75) is 32.4 Å². The second-order valence-electron chi connectivity index (χ2n) is 9.89. The van der Waals surface area contributed by atoms with E-state index in [9.17, 15) is 9.90 Å². The normalized spacial score (nSPS) is 15.1. The van der Waals surface area contributed by atoms with Crippen molar-refractivity contribution >= 4 is 16.9 Å². The molecule has 3 heterocycles. The van der Waals surface area contributed by atoms with Crippen LogP contribution in [0.15, 0.2) is 71.7 Å². The van der Waals surface area contributed by atoms with Crippen LogP contribution < -0.4 is 10.6 Å². The molecule has 0 bridgehead atoms. The molecule has 7 nitrogen and oxygen atoms in total. The summed E-state index contributed by atoms with van der Waals surface area (Å²) in [5.41, 5.74) is 4.49. The van der Waals surface area contributed by atoms with Crippen molar-refractivity contribution in [2.75, 3.05) is 38.1 Å². The maximum atomic E-state index is 13.6. The molecule has 2 aromatic heterocycles. The highest BCUT2D eigenvalue weighted by atomic mass is 16.3. The van der Waals surface area contributed by atoms with Gasteiger partial charge in [-0.25, -0.2) is 9.78 Å². The van der Waals surface area contributed by atoms with Gasteiger partial charge in [0.05, 0.1) is 16.8 Å². The highest BCUT2D eigenvalue weighted by molar-refractivity contribution is 5.74. The van der Waals surface area contributed by atoms with Crippen LogP contribution in [0.5, 0.6) is 0 Å². The van der Waals surface area contributed by atoms with Crippen LogP contribution >= 0.6 is 0 Å². The number of aromatic nitrogens is 3. The van der Waals surface area contributed by atoms with Gasteiger partial charge in [0, 0.05) is 44.6 Å². The largest absolute Gasteiger partial charge is 0.386 e. The molecule has 0 saturated carbocycles. The number of hydrogen-bond donors (Lipinski definition) is 1. The van der Waals surface area contributed by atoms with Crippen molar-refractivity contribution in [3.63, 3.8) is 0 Å². The highest BCUT2D eigenvalue weighted by Gasteiger charge is 2.20. The minimum atomic E-state index is -0.934. The average Bonchev–Trinajstić information content (AvgIpc) is 3.14. The molecule has 1 N–H and O–H groups in total. The lowest BCUT2D eigenvalue weighted by atomic mass is 9.98. The van der Waals surface area contributed by atoms with E-state index in [1.54, 1.807) is 29.2 Å². The van der Waals surface area contributed by atoms with E-state index < -0.39 is 5.60 Å². The smallest absolute Gasteiger partial charge is 0.334 e. The topological polar surface area (TPSA) is 66.5 Å². The summed E-state index contributed by atoms with van der Waals surface area (Å²) in [6, 6.07) is 19.8. The predicted octanol–water partition coefficient (Wildman–Crippen LogP) is 3.41. The Morgan fingerprint density at radius 1 is 0.943 bits per heavy atom. The van der Waals surface area contributed by atoms with E-state index >= 15 is 0 Å². The number of likely N-dealkylation sites (N-methyl/N-ethyl adjacent to an activating group) is 1. The van der Waals surface area contributed by atoms with Gasteiger partial charge in [0.25, 0.3) is 0 Å². The number of imidazole rings is 1. The molecule has 0 spiro atoms. The Bertz CT molecular complexity index is 1370. The molecule has 4 aromatic rings. The summed E-state index contributed by atoms with van der Waals surface area (Å²) in [5.74, 6) is 0. The number of aliphatic hydroxyl groups is 1. The Kier molecular flexibility index (Phi) is 6.21. The predicted molar refractivity (Wildman–Crippen MR) is 140 cm³/mol. The molecule has 0 atom stereocenters. The van der Waals surface area contributed by atoms with Gasteiger partial charge in [0.2, 0.25) is 0 Å². The molecule has 1 saturated heterocycles. The van der Waals surface area contributed by atoms with Gasteiger partial charge in [-0.3, -0.25) is 9.13 Å². The summed E-state index contributed by atoms with van der Waals surface area (Å²) in [5, 5.41) is 10.3. The third-order valence-corrected chi connectivity index (χ3v) is 6.96. The Morgan fingerprint density at radius 3 is 2.37 bits per heavy atom. The quantitative estimate of drug-likeness (QED) is 0.467. The molecule has 2 aromatic carbocycles. The second-order valence-corrected chi connectivity index (χ2v) is 9.89. The molecule has 5 rings (SSSR count). The maximum Gasteiger partial charge on any atom is 0.334 e. The number of piperazine rings is 1. The third-order valence-electron chi connectivity index (χ3n) is 6.96. The number of aryl methyl sites for hydroxylation is 2. The van der Waals surface area contributed by atoms with Crippen molar-refractivity contribution in [3.05, 3.63) is 88.5 Å². The summed E-state index contributed by atoms with van der Waals surface area (Å²) in [6.45, 7) is 8.18. The molecule has 0 aliphatic carbocycles. The lowest BCUT2D eigenvalue weighted by molar-refractivity contribution is 0.0786. The van der Waals surface area contributed by atoms with Crippen molar-refractivity contribution in [1.29, 1.82) is 0 Å². The number of para-hydroxylation sites is 1. The lowest BCUT2D eigenvalue weighted by Gasteiger charge is -2.35. The van der Waals surface area contributed by atoms with Gasteiger partial charge >= 0.3 is 5.69 Å². The van der Waals surface area contributed by atoms with Crippen LogP contribution in [0, 0.1) is 0 Å². The van der Waals surface area contributed by atoms with E-state index in [2.05, 4.69) is 46.1 Å². The molecule has 1 fully saturated rings. The molecule has 0 unspecified atom stereocenters. The van der Waals surface area contributed by atoms with Gasteiger partial charge < -0.3 is 14.9 Å². The van der Waals surface area contributed by atoms with Gasteiger partial charge in [-0.15, -0.1) is 0 Å². The molecule has 1 aliphatic heterocycles. The van der Waals surface area contributed by atoms with E-state index in [-0.39, 0.29) is 5.69 Å². The number of pyridine rings is 1. The molecule has 182 valence electrons. The van der Waals surface area contributed by atoms with Crippen LogP contribution in [0.4, 0.5) is 5.69 Å². The van der Waals surface area contributed by atoms with Crippen molar-refractivity contribution < 1.29 is 5.11 Å². The lowest BCUT2D eigenvalue weighted by Crippen LogP contribution is -2.44. The first-order valence-electron chi connectivity index (χ1n) is 12.2. The summed E-state index contributed by atoms with van der Waals surface area (Å²) in [7, 11) is 2.16. The van der Waals surface area contributed by atoms with Gasteiger partial charge in [-0.05, 0) is 68.8 Å². The van der Waals surface area contributed by atoms with Crippen LogP contribution in [-0.2, 0) is 18.6 Å². The van der Waals surface area contributed by atoms with Crippen LogP contribution in [0.2, 0.25) is 0 Å². The zero-order chi connectivity index (χ0) is 24.6. The summed E-state index contributed by atoms with van der Waals surface area (Å²) in [4.78, 5) is 23.0. The molecule has 0 amide bonds.